The van der Waals surface area contributed by atoms with Crippen LogP contribution in [0.25, 0.3) is 17.1 Å². The van der Waals surface area contributed by atoms with E-state index in [0.29, 0.717) is 16.7 Å². The molecule has 0 fully saturated rings. The van der Waals surface area contributed by atoms with Crippen LogP contribution in [-0.2, 0) is 4.79 Å². The van der Waals surface area contributed by atoms with Crippen LogP contribution in [0.4, 0.5) is 18.9 Å². The molecule has 1 heterocycles. The van der Waals surface area contributed by atoms with E-state index in [2.05, 4.69) is 30.3 Å². The summed E-state index contributed by atoms with van der Waals surface area (Å²) in [7, 11) is 0. The number of hydrazone groups is 1. The standard InChI is InChI=1S/C27H23F3N6O3S/c1-17-4-3-5-18(2)24(17)33-26(40-15-23(37)38)34-32-14-19-6-8-20(9-7-19)25-31-16-36(35-25)21-10-12-22(13-11-21)39-27(28,29)30/h3-14,16H,15H2,1-2H3,(H,33,34)(H,37,38)/b32-14-. The summed E-state index contributed by atoms with van der Waals surface area (Å²) >= 11 is 1.03. The maximum Gasteiger partial charge on any atom is 0.573 e. The van der Waals surface area contributed by atoms with Gasteiger partial charge in [-0.3, -0.25) is 10.2 Å². The third kappa shape index (κ3) is 7.93. The minimum Gasteiger partial charge on any atom is -0.481 e. The number of hydrogen-bond acceptors (Lipinski definition) is 7. The first-order valence-electron chi connectivity index (χ1n) is 11.7. The molecule has 0 spiro atoms. The van der Waals surface area contributed by atoms with E-state index in [9.17, 15) is 18.0 Å². The number of aromatic nitrogens is 3. The van der Waals surface area contributed by atoms with Gasteiger partial charge in [0.2, 0.25) is 0 Å². The van der Waals surface area contributed by atoms with E-state index in [0.717, 1.165) is 39.7 Å². The number of carboxylic acids is 1. The number of benzene rings is 3. The maximum absolute atomic E-state index is 12.4. The van der Waals surface area contributed by atoms with Crippen LogP contribution in [0.15, 0.2) is 83.2 Å². The summed E-state index contributed by atoms with van der Waals surface area (Å²) in [5.74, 6) is -1.05. The van der Waals surface area contributed by atoms with Gasteiger partial charge in [-0.25, -0.2) is 14.7 Å². The smallest absolute Gasteiger partial charge is 0.481 e. The lowest BCUT2D eigenvalue weighted by atomic mass is 10.1. The minimum atomic E-state index is -4.76. The number of nitrogens with zero attached hydrogens (tertiary/aromatic N) is 5. The Kier molecular flexibility index (Phi) is 8.84. The van der Waals surface area contributed by atoms with Gasteiger partial charge < -0.3 is 9.84 Å². The number of nitrogens with one attached hydrogen (secondary N) is 1. The minimum absolute atomic E-state index is 0.174. The van der Waals surface area contributed by atoms with Crippen LogP contribution in [0.3, 0.4) is 0 Å². The van der Waals surface area contributed by atoms with Gasteiger partial charge >= 0.3 is 12.3 Å². The van der Waals surface area contributed by atoms with Gasteiger partial charge in [0.25, 0.3) is 0 Å². The van der Waals surface area contributed by atoms with Crippen molar-refractivity contribution < 1.29 is 27.8 Å². The molecule has 0 bridgehead atoms. The van der Waals surface area contributed by atoms with Crippen molar-refractivity contribution in [2.24, 2.45) is 10.1 Å². The summed E-state index contributed by atoms with van der Waals surface area (Å²) in [6.45, 7) is 3.86. The predicted molar refractivity (Wildman–Crippen MR) is 147 cm³/mol. The zero-order valence-corrected chi connectivity index (χ0v) is 22.1. The van der Waals surface area contributed by atoms with E-state index in [1.807, 2.05) is 32.0 Å². The van der Waals surface area contributed by atoms with E-state index in [4.69, 9.17) is 5.11 Å². The topological polar surface area (TPSA) is 114 Å². The molecule has 4 aromatic rings. The number of para-hydroxylation sites is 1. The highest BCUT2D eigenvalue weighted by atomic mass is 32.2. The summed E-state index contributed by atoms with van der Waals surface area (Å²) in [4.78, 5) is 19.9. The van der Waals surface area contributed by atoms with Crippen LogP contribution in [0, 0.1) is 13.8 Å². The van der Waals surface area contributed by atoms with Crippen LogP contribution in [-0.4, -0.2) is 49.3 Å². The highest BCUT2D eigenvalue weighted by Gasteiger charge is 2.31. The summed E-state index contributed by atoms with van der Waals surface area (Å²) < 4.78 is 42.4. The average Bonchev–Trinajstić information content (AvgIpc) is 3.39. The molecule has 0 amide bonds. The van der Waals surface area contributed by atoms with Gasteiger partial charge in [0.1, 0.15) is 12.1 Å². The molecule has 206 valence electrons. The van der Waals surface area contributed by atoms with Gasteiger partial charge in [0, 0.05) is 5.56 Å². The number of thioether (sulfide) groups is 1. The first kappa shape index (κ1) is 28.4. The number of rotatable bonds is 8. The van der Waals surface area contributed by atoms with Crippen LogP contribution in [0.1, 0.15) is 16.7 Å². The summed E-state index contributed by atoms with van der Waals surface area (Å²) in [5, 5.41) is 18.0. The lowest BCUT2D eigenvalue weighted by Gasteiger charge is -2.09. The number of carboxylic acid groups (broad SMARTS) is 1. The molecule has 0 unspecified atom stereocenters. The van der Waals surface area contributed by atoms with Crippen molar-refractivity contribution in [1.82, 2.24) is 20.2 Å². The molecule has 1 aromatic heterocycles. The van der Waals surface area contributed by atoms with Gasteiger partial charge in [-0.15, -0.1) is 18.3 Å². The van der Waals surface area contributed by atoms with Crippen molar-refractivity contribution in [2.45, 2.75) is 20.2 Å². The molecule has 13 heteroatoms. The first-order chi connectivity index (χ1) is 19.1. The Hall–Kier alpha value is -4.65. The van der Waals surface area contributed by atoms with Gasteiger partial charge in [-0.1, -0.05) is 54.2 Å². The third-order valence-corrected chi connectivity index (χ3v) is 6.20. The lowest BCUT2D eigenvalue weighted by molar-refractivity contribution is -0.274. The molecule has 4 rings (SSSR count). The Morgan fingerprint density at radius 3 is 2.38 bits per heavy atom. The Morgan fingerprint density at radius 1 is 1.07 bits per heavy atom. The fourth-order valence-electron chi connectivity index (χ4n) is 3.50. The zero-order valence-electron chi connectivity index (χ0n) is 21.3. The van der Waals surface area contributed by atoms with E-state index < -0.39 is 12.3 Å². The molecule has 3 aromatic carbocycles. The van der Waals surface area contributed by atoms with Crippen molar-refractivity contribution in [3.8, 4) is 22.8 Å². The number of ether oxygens (including phenoxy) is 1. The van der Waals surface area contributed by atoms with Crippen molar-refractivity contribution in [1.29, 1.82) is 0 Å². The zero-order chi connectivity index (χ0) is 28.7. The normalized spacial score (nSPS) is 12.1. The molecule has 0 radical (unpaired) electrons. The number of aliphatic carboxylic acids is 1. The Morgan fingerprint density at radius 2 is 1.75 bits per heavy atom. The molecule has 0 aliphatic heterocycles. The molecule has 9 nitrogen and oxygen atoms in total. The van der Waals surface area contributed by atoms with E-state index in [1.54, 1.807) is 30.5 Å². The third-order valence-electron chi connectivity index (χ3n) is 5.35. The highest BCUT2D eigenvalue weighted by Crippen LogP contribution is 2.25. The molecule has 40 heavy (non-hydrogen) atoms. The van der Waals surface area contributed by atoms with Crippen LogP contribution >= 0.6 is 11.8 Å². The molecule has 0 aliphatic rings. The number of hydrogen-bond donors (Lipinski definition) is 2. The second-order valence-corrected chi connectivity index (χ2v) is 9.35. The molecule has 0 saturated heterocycles. The second kappa shape index (κ2) is 12.5. The fraction of sp³-hybridized carbons (Fsp3) is 0.148. The second-order valence-electron chi connectivity index (χ2n) is 8.39. The van der Waals surface area contributed by atoms with Crippen molar-refractivity contribution in [3.05, 3.63) is 89.7 Å². The van der Waals surface area contributed by atoms with Crippen LogP contribution in [0.2, 0.25) is 0 Å². The Labute approximate surface area is 231 Å². The van der Waals surface area contributed by atoms with E-state index >= 15 is 0 Å². The Bertz CT molecular complexity index is 1510. The first-order valence-corrected chi connectivity index (χ1v) is 12.7. The van der Waals surface area contributed by atoms with Crippen LogP contribution in [0.5, 0.6) is 5.75 Å². The van der Waals surface area contributed by atoms with E-state index in [-0.39, 0.29) is 11.5 Å². The van der Waals surface area contributed by atoms with Gasteiger partial charge in [-0.2, -0.15) is 5.10 Å². The largest absolute Gasteiger partial charge is 0.573 e. The van der Waals surface area contributed by atoms with Crippen molar-refractivity contribution in [2.75, 3.05) is 5.75 Å². The van der Waals surface area contributed by atoms with Crippen molar-refractivity contribution >= 4 is 34.8 Å². The maximum atomic E-state index is 12.4. The molecule has 2 N–H and O–H groups in total. The summed E-state index contributed by atoms with van der Waals surface area (Å²) in [6, 6.07) is 18.3. The highest BCUT2D eigenvalue weighted by molar-refractivity contribution is 8.14. The van der Waals surface area contributed by atoms with Gasteiger partial charge in [0.15, 0.2) is 11.0 Å². The molecule has 0 saturated carbocycles. The summed E-state index contributed by atoms with van der Waals surface area (Å²) in [5.41, 5.74) is 7.48. The van der Waals surface area contributed by atoms with Crippen LogP contribution < -0.4 is 10.2 Å². The number of carbonyl (C=O) groups is 1. The predicted octanol–water partition coefficient (Wildman–Crippen LogP) is 5.88. The van der Waals surface area contributed by atoms with Gasteiger partial charge in [0.05, 0.1) is 23.3 Å². The quantitative estimate of drug-likeness (QED) is 0.155. The number of amidine groups is 1. The monoisotopic (exact) mass is 568 g/mol. The number of aryl methyl sites for hydroxylation is 2. The summed E-state index contributed by atoms with van der Waals surface area (Å²) in [6.07, 6.45) is -1.73. The molecular formula is C27H23F3N6O3S. The van der Waals surface area contributed by atoms with Crippen molar-refractivity contribution in [3.63, 3.8) is 0 Å². The van der Waals surface area contributed by atoms with E-state index in [1.165, 1.54) is 35.3 Å². The number of aliphatic imine (C=N–C) groups is 1. The molecule has 0 atom stereocenters. The molecular weight excluding hydrogens is 545 g/mol. The SMILES string of the molecule is Cc1cccc(C)c1N=C(N/N=C\c1ccc(-c2ncn(-c3ccc(OC(F)(F)F)cc3)n2)cc1)SCC(=O)O. The fourth-order valence-corrected chi connectivity index (χ4v) is 4.04. The Balaban J connectivity index is 1.43. The average molecular weight is 569 g/mol. The number of halogens is 3. The van der Waals surface area contributed by atoms with Gasteiger partial charge in [-0.05, 0) is 54.8 Å². The lowest BCUT2D eigenvalue weighted by Crippen LogP contribution is -2.17. The number of alkyl halides is 3. The molecule has 0 aliphatic carbocycles.